The van der Waals surface area contributed by atoms with Crippen molar-refractivity contribution < 1.29 is 9.84 Å². The second-order valence-electron chi connectivity index (χ2n) is 5.11. The topological polar surface area (TPSA) is 29.5 Å². The minimum absolute atomic E-state index is 0.407. The van der Waals surface area contributed by atoms with E-state index in [0.717, 1.165) is 11.1 Å². The van der Waals surface area contributed by atoms with E-state index in [0.29, 0.717) is 17.2 Å². The van der Waals surface area contributed by atoms with Crippen molar-refractivity contribution in [3.8, 4) is 5.75 Å². The van der Waals surface area contributed by atoms with E-state index < -0.39 is 6.10 Å². The van der Waals surface area contributed by atoms with Crippen LogP contribution in [-0.2, 0) is 0 Å². The molecule has 2 heteroatoms. The fourth-order valence-electron chi connectivity index (χ4n) is 2.24. The van der Waals surface area contributed by atoms with Crippen molar-refractivity contribution in [2.75, 3.05) is 0 Å². The third-order valence-corrected chi connectivity index (χ3v) is 3.45. The lowest BCUT2D eigenvalue weighted by atomic mass is 9.91. The quantitative estimate of drug-likeness (QED) is 0.819. The van der Waals surface area contributed by atoms with Crippen LogP contribution in [0.1, 0.15) is 37.0 Å². The molecular formula is C18H20O2. The van der Waals surface area contributed by atoms with E-state index in [1.165, 1.54) is 5.56 Å². The Morgan fingerprint density at radius 2 is 2.10 bits per heavy atom. The Balaban J connectivity index is 2.44. The van der Waals surface area contributed by atoms with E-state index in [1.807, 2.05) is 24.3 Å². The first-order valence-corrected chi connectivity index (χ1v) is 6.72. The predicted molar refractivity (Wildman–Crippen MR) is 82.7 cm³/mol. The number of rotatable bonds is 4. The summed E-state index contributed by atoms with van der Waals surface area (Å²) >= 11 is 0. The Morgan fingerprint density at radius 3 is 2.70 bits per heavy atom. The van der Waals surface area contributed by atoms with Gasteiger partial charge in [0.15, 0.2) is 0 Å². The Hall–Kier alpha value is -2.06. The van der Waals surface area contributed by atoms with Gasteiger partial charge in [0.05, 0.1) is 6.26 Å². The van der Waals surface area contributed by atoms with Crippen LogP contribution < -0.4 is 4.74 Å². The van der Waals surface area contributed by atoms with Gasteiger partial charge in [-0.25, -0.2) is 0 Å². The molecule has 0 amide bonds. The molecule has 1 aromatic rings. The van der Waals surface area contributed by atoms with Gasteiger partial charge in [0.1, 0.15) is 11.9 Å². The Kier molecular flexibility index (Phi) is 4.26. The maximum atomic E-state index is 10.6. The van der Waals surface area contributed by atoms with Crippen LogP contribution in [-0.4, -0.2) is 5.11 Å². The van der Waals surface area contributed by atoms with Crippen molar-refractivity contribution in [1.29, 1.82) is 0 Å². The summed E-state index contributed by atoms with van der Waals surface area (Å²) in [5.41, 5.74) is 3.49. The molecule has 0 saturated heterocycles. The first-order valence-electron chi connectivity index (χ1n) is 6.72. The largest absolute Gasteiger partial charge is 0.464 e. The summed E-state index contributed by atoms with van der Waals surface area (Å²) < 4.78 is 5.63. The van der Waals surface area contributed by atoms with Gasteiger partial charge in [0, 0.05) is 11.1 Å². The second kappa shape index (κ2) is 5.93. The Morgan fingerprint density at radius 1 is 1.35 bits per heavy atom. The van der Waals surface area contributed by atoms with E-state index >= 15 is 0 Å². The van der Waals surface area contributed by atoms with Gasteiger partial charge in [-0.15, -0.1) is 0 Å². The molecule has 1 aliphatic rings. The highest BCUT2D eigenvalue weighted by molar-refractivity contribution is 5.52. The molecule has 104 valence electrons. The first kappa shape index (κ1) is 14.4. The van der Waals surface area contributed by atoms with E-state index in [4.69, 9.17) is 4.74 Å². The molecule has 1 aromatic carbocycles. The van der Waals surface area contributed by atoms with Gasteiger partial charge < -0.3 is 9.84 Å². The third-order valence-electron chi connectivity index (χ3n) is 3.45. The van der Waals surface area contributed by atoms with Crippen molar-refractivity contribution in [3.63, 3.8) is 0 Å². The summed E-state index contributed by atoms with van der Waals surface area (Å²) in [7, 11) is 0. The highest BCUT2D eigenvalue weighted by Crippen LogP contribution is 2.39. The molecule has 0 bridgehead atoms. The number of ether oxygens (including phenoxy) is 1. The smallest absolute Gasteiger partial charge is 0.132 e. The Labute approximate surface area is 120 Å². The van der Waals surface area contributed by atoms with Gasteiger partial charge in [0.25, 0.3) is 0 Å². The van der Waals surface area contributed by atoms with Crippen LogP contribution in [0.2, 0.25) is 0 Å². The third kappa shape index (κ3) is 2.61. The van der Waals surface area contributed by atoms with E-state index in [2.05, 4.69) is 27.0 Å². The summed E-state index contributed by atoms with van der Waals surface area (Å²) in [4.78, 5) is 0. The second-order valence-corrected chi connectivity index (χ2v) is 5.11. The molecule has 1 unspecified atom stereocenters. The van der Waals surface area contributed by atoms with Crippen molar-refractivity contribution in [2.45, 2.75) is 25.9 Å². The van der Waals surface area contributed by atoms with Crippen LogP contribution in [0.5, 0.6) is 5.75 Å². The highest BCUT2D eigenvalue weighted by atomic mass is 16.5. The fraction of sp³-hybridized carbons (Fsp3) is 0.222. The fourth-order valence-corrected chi connectivity index (χ4v) is 2.24. The summed E-state index contributed by atoms with van der Waals surface area (Å²) in [6.45, 7) is 11.7. The summed E-state index contributed by atoms with van der Waals surface area (Å²) in [6, 6.07) is 5.95. The molecular weight excluding hydrogens is 248 g/mol. The number of fused-ring (bicyclic) bond motifs is 1. The van der Waals surface area contributed by atoms with Crippen molar-refractivity contribution in [2.24, 2.45) is 0 Å². The Bertz CT molecular complexity index is 591. The molecule has 0 spiro atoms. The first-order chi connectivity index (χ1) is 9.58. The lowest BCUT2D eigenvalue weighted by Crippen LogP contribution is -2.12. The number of allylic oxidation sites excluding steroid dienone is 3. The minimum Gasteiger partial charge on any atom is -0.464 e. The molecule has 1 N–H and O–H groups in total. The average Bonchev–Trinajstić information content (AvgIpc) is 2.45. The number of hydrogen-bond donors (Lipinski definition) is 1. The molecule has 1 heterocycles. The van der Waals surface area contributed by atoms with Gasteiger partial charge >= 0.3 is 0 Å². The summed E-state index contributed by atoms with van der Waals surface area (Å²) in [5.74, 6) is 1.11. The minimum atomic E-state index is -0.707. The standard InChI is InChI=1S/C18H20O2/c1-5-7-13(6-2)16-11-20-17-9-8-14(12(3)4)10-15(17)18(16)19/h5-12,18-19H,1-2H2,3-4H3/b13-7+. The van der Waals surface area contributed by atoms with Gasteiger partial charge in [-0.1, -0.05) is 51.3 Å². The van der Waals surface area contributed by atoms with Crippen LogP contribution in [0.15, 0.2) is 67.0 Å². The zero-order valence-electron chi connectivity index (χ0n) is 12.0. The zero-order valence-corrected chi connectivity index (χ0v) is 12.0. The normalized spacial score (nSPS) is 18.1. The van der Waals surface area contributed by atoms with E-state index in [1.54, 1.807) is 18.4 Å². The summed E-state index contributed by atoms with van der Waals surface area (Å²) in [6.07, 6.45) is 6.05. The summed E-state index contributed by atoms with van der Waals surface area (Å²) in [5, 5.41) is 10.6. The molecule has 2 rings (SSSR count). The number of hydrogen-bond acceptors (Lipinski definition) is 2. The van der Waals surface area contributed by atoms with Gasteiger partial charge in [0.2, 0.25) is 0 Å². The molecule has 0 fully saturated rings. The number of aliphatic hydroxyl groups excluding tert-OH is 1. The van der Waals surface area contributed by atoms with Crippen molar-refractivity contribution in [1.82, 2.24) is 0 Å². The lowest BCUT2D eigenvalue weighted by Gasteiger charge is -2.24. The lowest BCUT2D eigenvalue weighted by molar-refractivity contribution is 0.202. The molecule has 2 nitrogen and oxygen atoms in total. The zero-order chi connectivity index (χ0) is 14.7. The molecule has 20 heavy (non-hydrogen) atoms. The molecule has 1 atom stereocenters. The predicted octanol–water partition coefficient (Wildman–Crippen LogP) is 4.42. The molecule has 0 saturated carbocycles. The van der Waals surface area contributed by atoms with Gasteiger partial charge in [-0.3, -0.25) is 0 Å². The van der Waals surface area contributed by atoms with E-state index in [9.17, 15) is 5.11 Å². The van der Waals surface area contributed by atoms with Crippen LogP contribution >= 0.6 is 0 Å². The molecule has 0 aromatic heterocycles. The molecule has 0 radical (unpaired) electrons. The highest BCUT2D eigenvalue weighted by Gasteiger charge is 2.24. The number of benzene rings is 1. The molecule has 1 aliphatic heterocycles. The van der Waals surface area contributed by atoms with Crippen molar-refractivity contribution >= 4 is 0 Å². The van der Waals surface area contributed by atoms with Crippen molar-refractivity contribution in [3.05, 3.63) is 78.1 Å². The van der Waals surface area contributed by atoms with Crippen LogP contribution in [0, 0.1) is 0 Å². The van der Waals surface area contributed by atoms with Crippen LogP contribution in [0.4, 0.5) is 0 Å². The number of aliphatic hydroxyl groups is 1. The molecule has 0 aliphatic carbocycles. The van der Waals surface area contributed by atoms with Gasteiger partial charge in [-0.05, 0) is 29.2 Å². The maximum Gasteiger partial charge on any atom is 0.132 e. The van der Waals surface area contributed by atoms with Gasteiger partial charge in [-0.2, -0.15) is 0 Å². The van der Waals surface area contributed by atoms with Crippen LogP contribution in [0.25, 0.3) is 0 Å². The monoisotopic (exact) mass is 268 g/mol. The maximum absolute atomic E-state index is 10.6. The SMILES string of the molecule is C=C/C=C(\C=C)C1=COc2ccc(C(C)C)cc2C1O. The van der Waals surface area contributed by atoms with Crippen LogP contribution in [0.3, 0.4) is 0 Å². The average molecular weight is 268 g/mol. The van der Waals surface area contributed by atoms with E-state index in [-0.39, 0.29) is 0 Å².